The number of nitrogens with zero attached hydrogens (tertiary/aromatic N) is 2. The van der Waals surface area contributed by atoms with Gasteiger partial charge in [-0.3, -0.25) is 4.79 Å². The predicted molar refractivity (Wildman–Crippen MR) is 100 cm³/mol. The van der Waals surface area contributed by atoms with Crippen molar-refractivity contribution in [3.8, 4) is 11.1 Å². The van der Waals surface area contributed by atoms with Gasteiger partial charge in [-0.25, -0.2) is 9.10 Å². The standard InChI is InChI=1S/C18H14N4O3S/c19-18(24)22(26)13-2-4-15-11(9-13)7-10-8-12(1-3-14(10)15)21-17(23)16-5-6-20-25-16/h1-6,8-9,26H,7H2,(H2,19,24)(H,21,23). The molecule has 0 radical (unpaired) electrons. The molecule has 26 heavy (non-hydrogen) atoms. The Morgan fingerprint density at radius 2 is 1.85 bits per heavy atom. The van der Waals surface area contributed by atoms with E-state index < -0.39 is 6.03 Å². The van der Waals surface area contributed by atoms with Gasteiger partial charge < -0.3 is 15.6 Å². The molecule has 0 atom stereocenters. The number of amides is 3. The van der Waals surface area contributed by atoms with Gasteiger partial charge in [0.25, 0.3) is 5.91 Å². The highest BCUT2D eigenvalue weighted by molar-refractivity contribution is 7.82. The van der Waals surface area contributed by atoms with Crippen molar-refractivity contribution in [1.29, 1.82) is 0 Å². The first kappa shape index (κ1) is 16.2. The molecule has 8 heteroatoms. The van der Waals surface area contributed by atoms with E-state index >= 15 is 0 Å². The Balaban J connectivity index is 1.59. The Labute approximate surface area is 154 Å². The highest BCUT2D eigenvalue weighted by atomic mass is 32.1. The van der Waals surface area contributed by atoms with E-state index in [2.05, 4.69) is 23.3 Å². The predicted octanol–water partition coefficient (Wildman–Crippen LogP) is 3.23. The first-order valence-electron chi connectivity index (χ1n) is 7.79. The third-order valence-electron chi connectivity index (χ3n) is 4.24. The van der Waals surface area contributed by atoms with Gasteiger partial charge in [0.2, 0.25) is 5.76 Å². The first-order valence-corrected chi connectivity index (χ1v) is 8.19. The van der Waals surface area contributed by atoms with Crippen LogP contribution >= 0.6 is 12.8 Å². The molecule has 0 fully saturated rings. The Bertz CT molecular complexity index is 1020. The Kier molecular flexibility index (Phi) is 3.89. The van der Waals surface area contributed by atoms with Gasteiger partial charge in [0, 0.05) is 11.8 Å². The molecule has 130 valence electrons. The lowest BCUT2D eigenvalue weighted by Crippen LogP contribution is -2.27. The van der Waals surface area contributed by atoms with E-state index in [1.807, 2.05) is 30.3 Å². The molecule has 3 amide bonds. The van der Waals surface area contributed by atoms with Crippen LogP contribution in [0.1, 0.15) is 21.7 Å². The quantitative estimate of drug-likeness (QED) is 0.485. The van der Waals surface area contributed by atoms with Crippen LogP contribution in [0.2, 0.25) is 0 Å². The van der Waals surface area contributed by atoms with E-state index in [4.69, 9.17) is 10.3 Å². The monoisotopic (exact) mass is 366 g/mol. The number of aromatic nitrogens is 1. The van der Waals surface area contributed by atoms with Crippen molar-refractivity contribution in [2.45, 2.75) is 6.42 Å². The van der Waals surface area contributed by atoms with Gasteiger partial charge in [-0.15, -0.1) is 0 Å². The molecule has 4 rings (SSSR count). The van der Waals surface area contributed by atoms with Crippen LogP contribution in [0.25, 0.3) is 11.1 Å². The molecule has 0 unspecified atom stereocenters. The van der Waals surface area contributed by atoms with Crippen molar-refractivity contribution in [3.63, 3.8) is 0 Å². The number of primary amides is 1. The van der Waals surface area contributed by atoms with Crippen LogP contribution < -0.4 is 15.4 Å². The fourth-order valence-corrected chi connectivity index (χ4v) is 3.18. The smallest absolute Gasteiger partial charge is 0.329 e. The molecular weight excluding hydrogens is 352 g/mol. The van der Waals surface area contributed by atoms with E-state index in [1.165, 1.54) is 12.3 Å². The second-order valence-electron chi connectivity index (χ2n) is 5.87. The van der Waals surface area contributed by atoms with Crippen molar-refractivity contribution in [3.05, 3.63) is 65.5 Å². The molecule has 0 saturated carbocycles. The summed E-state index contributed by atoms with van der Waals surface area (Å²) in [6.07, 6.45) is 2.10. The van der Waals surface area contributed by atoms with Gasteiger partial charge in [-0.2, -0.15) is 0 Å². The van der Waals surface area contributed by atoms with E-state index in [0.717, 1.165) is 26.6 Å². The largest absolute Gasteiger partial charge is 0.351 e. The maximum absolute atomic E-state index is 12.1. The second-order valence-corrected chi connectivity index (χ2v) is 6.27. The number of urea groups is 1. The summed E-state index contributed by atoms with van der Waals surface area (Å²) in [6, 6.07) is 12.2. The zero-order chi connectivity index (χ0) is 18.3. The van der Waals surface area contributed by atoms with Crippen molar-refractivity contribution in [2.75, 3.05) is 9.62 Å². The number of benzene rings is 2. The van der Waals surface area contributed by atoms with Crippen LogP contribution in [0.4, 0.5) is 16.2 Å². The molecule has 1 aliphatic carbocycles. The molecule has 0 spiro atoms. The highest BCUT2D eigenvalue weighted by Gasteiger charge is 2.21. The van der Waals surface area contributed by atoms with Crippen molar-refractivity contribution >= 4 is 36.1 Å². The summed E-state index contributed by atoms with van der Waals surface area (Å²) in [5, 5.41) is 6.32. The lowest BCUT2D eigenvalue weighted by molar-refractivity contribution is 0.0988. The number of carbonyl (C=O) groups is 2. The van der Waals surface area contributed by atoms with Crippen molar-refractivity contribution in [2.24, 2.45) is 5.73 Å². The minimum absolute atomic E-state index is 0.152. The molecule has 1 heterocycles. The molecule has 0 bridgehead atoms. The zero-order valence-electron chi connectivity index (χ0n) is 13.5. The summed E-state index contributed by atoms with van der Waals surface area (Å²) < 4.78 is 5.96. The summed E-state index contributed by atoms with van der Waals surface area (Å²) in [5.41, 5.74) is 10.9. The number of nitrogens with one attached hydrogen (secondary N) is 1. The summed E-state index contributed by atoms with van der Waals surface area (Å²) >= 11 is 4.10. The topological polar surface area (TPSA) is 101 Å². The fraction of sp³-hybridized carbons (Fsp3) is 0.0556. The second kappa shape index (κ2) is 6.23. The first-order chi connectivity index (χ1) is 12.5. The summed E-state index contributed by atoms with van der Waals surface area (Å²) in [6.45, 7) is 0. The lowest BCUT2D eigenvalue weighted by Gasteiger charge is -2.13. The molecule has 3 N–H and O–H groups in total. The Hall–Kier alpha value is -3.26. The van der Waals surface area contributed by atoms with E-state index in [9.17, 15) is 9.59 Å². The molecule has 0 aliphatic heterocycles. The maximum atomic E-state index is 12.1. The van der Waals surface area contributed by atoms with Crippen LogP contribution in [0.3, 0.4) is 0 Å². The summed E-state index contributed by atoms with van der Waals surface area (Å²) in [7, 11) is 0. The fourth-order valence-electron chi connectivity index (χ4n) is 3.06. The number of hydrogen-bond acceptors (Lipinski definition) is 5. The normalized spacial score (nSPS) is 11.6. The number of fused-ring (bicyclic) bond motifs is 3. The molecule has 7 nitrogen and oxygen atoms in total. The average Bonchev–Trinajstić information content (AvgIpc) is 3.27. The van der Waals surface area contributed by atoms with Crippen LogP contribution in [-0.4, -0.2) is 17.1 Å². The lowest BCUT2D eigenvalue weighted by atomic mass is 10.0. The van der Waals surface area contributed by atoms with E-state index in [0.29, 0.717) is 17.8 Å². The van der Waals surface area contributed by atoms with Gasteiger partial charge in [0.15, 0.2) is 0 Å². The van der Waals surface area contributed by atoms with Crippen LogP contribution in [0, 0.1) is 0 Å². The van der Waals surface area contributed by atoms with Crippen LogP contribution in [0.5, 0.6) is 0 Å². The SMILES string of the molecule is NC(=O)N(S)c1ccc2c(c1)Cc1cc(NC(=O)c3ccno3)ccc1-2. The molecule has 1 aromatic heterocycles. The third-order valence-corrected chi connectivity index (χ3v) is 4.67. The third kappa shape index (κ3) is 2.80. The van der Waals surface area contributed by atoms with Gasteiger partial charge in [0.05, 0.1) is 11.9 Å². The van der Waals surface area contributed by atoms with Crippen molar-refractivity contribution < 1.29 is 14.1 Å². The van der Waals surface area contributed by atoms with E-state index in [1.54, 1.807) is 6.07 Å². The Morgan fingerprint density at radius 3 is 2.54 bits per heavy atom. The number of thiol groups is 1. The summed E-state index contributed by atoms with van der Waals surface area (Å²) in [5.74, 6) is -0.203. The van der Waals surface area contributed by atoms with Crippen LogP contribution in [-0.2, 0) is 6.42 Å². The number of rotatable bonds is 3. The number of carbonyl (C=O) groups excluding carboxylic acids is 2. The van der Waals surface area contributed by atoms with Gasteiger partial charge in [-0.05, 0) is 52.9 Å². The summed E-state index contributed by atoms with van der Waals surface area (Å²) in [4.78, 5) is 23.4. The average molecular weight is 366 g/mol. The van der Waals surface area contributed by atoms with Gasteiger partial charge in [-0.1, -0.05) is 30.1 Å². The number of anilines is 2. The van der Waals surface area contributed by atoms with Crippen LogP contribution in [0.15, 0.2) is 53.2 Å². The molecule has 3 aromatic rings. The maximum Gasteiger partial charge on any atom is 0.329 e. The van der Waals surface area contributed by atoms with Crippen molar-refractivity contribution in [1.82, 2.24) is 5.16 Å². The highest BCUT2D eigenvalue weighted by Crippen LogP contribution is 2.39. The molecular formula is C18H14N4O3S. The molecule has 0 saturated heterocycles. The minimum atomic E-state index is -0.638. The number of nitrogens with two attached hydrogens (primary N) is 1. The number of hydrogen-bond donors (Lipinski definition) is 3. The molecule has 2 aromatic carbocycles. The minimum Gasteiger partial charge on any atom is -0.351 e. The van der Waals surface area contributed by atoms with Gasteiger partial charge in [0.1, 0.15) is 0 Å². The Morgan fingerprint density at radius 1 is 1.12 bits per heavy atom. The molecule has 1 aliphatic rings. The zero-order valence-corrected chi connectivity index (χ0v) is 14.4. The van der Waals surface area contributed by atoms with E-state index in [-0.39, 0.29) is 11.7 Å². The van der Waals surface area contributed by atoms with Gasteiger partial charge >= 0.3 is 6.03 Å².